The normalized spacial score (nSPS) is 10.9. The van der Waals surface area contributed by atoms with Crippen molar-refractivity contribution in [2.24, 2.45) is 0 Å². The molecule has 8 heteroatoms. The van der Waals surface area contributed by atoms with Crippen molar-refractivity contribution in [2.45, 2.75) is 6.92 Å². The van der Waals surface area contributed by atoms with Gasteiger partial charge < -0.3 is 14.2 Å². The average molecular weight is 392 g/mol. The van der Waals surface area contributed by atoms with Crippen LogP contribution in [0.5, 0.6) is 11.6 Å². The van der Waals surface area contributed by atoms with Crippen LogP contribution in [0.25, 0.3) is 22.4 Å². The Morgan fingerprint density at radius 3 is 2.59 bits per heavy atom. The van der Waals surface area contributed by atoms with E-state index >= 15 is 0 Å². The average Bonchev–Trinajstić information content (AvgIpc) is 3.08. The Morgan fingerprint density at radius 1 is 1.11 bits per heavy atom. The topological polar surface area (TPSA) is 69.3 Å². The third-order valence-corrected chi connectivity index (χ3v) is 4.29. The number of nitrogens with zero attached hydrogens (tertiary/aromatic N) is 2. The minimum atomic E-state index is -0.408. The predicted molar refractivity (Wildman–Crippen MR) is 101 cm³/mol. The SMILES string of the molecule is COCCOc1cc(F)ccc1-c1cc(Cl)c(-c2c[nH]nc2C)nc1OC. The molecule has 0 aliphatic rings. The molecule has 2 aromatic heterocycles. The van der Waals surface area contributed by atoms with E-state index in [4.69, 9.17) is 25.8 Å². The van der Waals surface area contributed by atoms with Gasteiger partial charge in [-0.3, -0.25) is 5.10 Å². The van der Waals surface area contributed by atoms with Crippen LogP contribution in [0.15, 0.2) is 30.5 Å². The first-order chi connectivity index (χ1) is 13.0. The molecule has 0 bridgehead atoms. The number of benzene rings is 1. The summed E-state index contributed by atoms with van der Waals surface area (Å²) >= 11 is 6.49. The quantitative estimate of drug-likeness (QED) is 0.609. The molecule has 1 N–H and O–H groups in total. The Balaban J connectivity index is 2.09. The fourth-order valence-corrected chi connectivity index (χ4v) is 2.93. The lowest BCUT2D eigenvalue weighted by Crippen LogP contribution is -2.06. The van der Waals surface area contributed by atoms with Crippen molar-refractivity contribution >= 4 is 11.6 Å². The number of H-pyrrole nitrogens is 1. The number of rotatable bonds is 7. The van der Waals surface area contributed by atoms with Gasteiger partial charge in [-0.25, -0.2) is 9.37 Å². The van der Waals surface area contributed by atoms with Gasteiger partial charge in [-0.05, 0) is 25.1 Å². The number of aromatic amines is 1. The van der Waals surface area contributed by atoms with Crippen LogP contribution in [-0.2, 0) is 4.74 Å². The maximum absolute atomic E-state index is 13.7. The summed E-state index contributed by atoms with van der Waals surface area (Å²) in [5.41, 5.74) is 3.31. The van der Waals surface area contributed by atoms with Gasteiger partial charge in [-0.2, -0.15) is 5.10 Å². The van der Waals surface area contributed by atoms with E-state index in [1.807, 2.05) is 6.92 Å². The molecule has 3 aromatic rings. The van der Waals surface area contributed by atoms with E-state index in [1.54, 1.807) is 25.4 Å². The number of pyridine rings is 1. The summed E-state index contributed by atoms with van der Waals surface area (Å²) in [6.07, 6.45) is 1.72. The second-order valence-electron chi connectivity index (χ2n) is 5.74. The zero-order valence-electron chi connectivity index (χ0n) is 15.2. The van der Waals surface area contributed by atoms with Gasteiger partial charge in [-0.1, -0.05) is 11.6 Å². The van der Waals surface area contributed by atoms with Crippen LogP contribution in [0.4, 0.5) is 4.39 Å². The molecule has 0 atom stereocenters. The zero-order valence-corrected chi connectivity index (χ0v) is 15.9. The molecule has 2 heterocycles. The minimum absolute atomic E-state index is 0.280. The molecule has 0 spiro atoms. The highest BCUT2D eigenvalue weighted by Crippen LogP contribution is 2.40. The van der Waals surface area contributed by atoms with Crippen molar-refractivity contribution in [3.8, 4) is 34.0 Å². The van der Waals surface area contributed by atoms with Crippen molar-refractivity contribution in [3.05, 3.63) is 47.0 Å². The van der Waals surface area contributed by atoms with Crippen molar-refractivity contribution in [1.82, 2.24) is 15.2 Å². The number of ether oxygens (including phenoxy) is 3. The van der Waals surface area contributed by atoms with Gasteiger partial charge in [0.25, 0.3) is 0 Å². The van der Waals surface area contributed by atoms with Gasteiger partial charge in [-0.15, -0.1) is 0 Å². The van der Waals surface area contributed by atoms with E-state index < -0.39 is 5.82 Å². The summed E-state index contributed by atoms with van der Waals surface area (Å²) in [5.74, 6) is 0.295. The van der Waals surface area contributed by atoms with Gasteiger partial charge in [0, 0.05) is 36.1 Å². The molecule has 27 heavy (non-hydrogen) atoms. The number of hydrogen-bond donors (Lipinski definition) is 1. The lowest BCUT2D eigenvalue weighted by atomic mass is 10.0. The second kappa shape index (κ2) is 8.37. The second-order valence-corrected chi connectivity index (χ2v) is 6.15. The van der Waals surface area contributed by atoms with Crippen molar-refractivity contribution in [3.63, 3.8) is 0 Å². The molecule has 0 amide bonds. The van der Waals surface area contributed by atoms with E-state index in [9.17, 15) is 4.39 Å². The molecule has 0 aliphatic heterocycles. The molecule has 0 aliphatic carbocycles. The molecular weight excluding hydrogens is 373 g/mol. The largest absolute Gasteiger partial charge is 0.490 e. The molecular formula is C19H19ClFN3O3. The molecule has 0 unspecified atom stereocenters. The lowest BCUT2D eigenvalue weighted by molar-refractivity contribution is 0.146. The van der Waals surface area contributed by atoms with Crippen molar-refractivity contribution in [2.75, 3.05) is 27.4 Å². The highest BCUT2D eigenvalue weighted by atomic mass is 35.5. The number of hydrogen-bond acceptors (Lipinski definition) is 5. The van der Waals surface area contributed by atoms with E-state index in [0.717, 1.165) is 11.3 Å². The van der Waals surface area contributed by atoms with Crippen molar-refractivity contribution in [1.29, 1.82) is 0 Å². The van der Waals surface area contributed by atoms with Crippen LogP contribution >= 0.6 is 11.6 Å². The van der Waals surface area contributed by atoms with Crippen LogP contribution < -0.4 is 9.47 Å². The highest BCUT2D eigenvalue weighted by Gasteiger charge is 2.19. The first kappa shape index (κ1) is 19.1. The standard InChI is InChI=1S/C19H19ClFN3O3/c1-11-15(10-22-24-11)18-16(20)9-14(19(23-18)26-3)13-5-4-12(21)8-17(13)27-7-6-25-2/h4-5,8-10H,6-7H2,1-3H3,(H,22,24). The summed E-state index contributed by atoms with van der Waals surface area (Å²) in [4.78, 5) is 4.54. The molecule has 3 rings (SSSR count). The summed E-state index contributed by atoms with van der Waals surface area (Å²) in [5, 5.41) is 7.31. The lowest BCUT2D eigenvalue weighted by Gasteiger charge is -2.15. The van der Waals surface area contributed by atoms with Gasteiger partial charge in [0.15, 0.2) is 0 Å². The Kier molecular flexibility index (Phi) is 5.93. The van der Waals surface area contributed by atoms with E-state index in [0.29, 0.717) is 40.1 Å². The molecule has 142 valence electrons. The Bertz CT molecular complexity index is 946. The van der Waals surface area contributed by atoms with E-state index in [1.165, 1.54) is 19.2 Å². The number of nitrogens with one attached hydrogen (secondary N) is 1. The molecule has 0 radical (unpaired) electrons. The highest BCUT2D eigenvalue weighted by molar-refractivity contribution is 6.33. The summed E-state index contributed by atoms with van der Waals surface area (Å²) in [6, 6.07) is 5.99. The maximum atomic E-state index is 13.7. The third kappa shape index (κ3) is 4.04. The van der Waals surface area contributed by atoms with Gasteiger partial charge in [0.1, 0.15) is 18.2 Å². The first-order valence-corrected chi connectivity index (χ1v) is 8.60. The maximum Gasteiger partial charge on any atom is 0.221 e. The van der Waals surface area contributed by atoms with Gasteiger partial charge >= 0.3 is 0 Å². The fraction of sp³-hybridized carbons (Fsp3) is 0.263. The number of aromatic nitrogens is 3. The van der Waals surface area contributed by atoms with Crippen LogP contribution in [0, 0.1) is 12.7 Å². The fourth-order valence-electron chi connectivity index (χ4n) is 2.68. The molecule has 0 fully saturated rings. The van der Waals surface area contributed by atoms with Crippen LogP contribution in [0.3, 0.4) is 0 Å². The van der Waals surface area contributed by atoms with Crippen LogP contribution in [-0.4, -0.2) is 42.6 Å². The number of halogens is 2. The summed E-state index contributed by atoms with van der Waals surface area (Å²) in [7, 11) is 3.08. The van der Waals surface area contributed by atoms with E-state index in [2.05, 4.69) is 15.2 Å². The monoisotopic (exact) mass is 391 g/mol. The molecule has 0 saturated carbocycles. The Labute approximate surface area is 161 Å². The summed E-state index contributed by atoms with van der Waals surface area (Å²) < 4.78 is 29.9. The Morgan fingerprint density at radius 2 is 1.93 bits per heavy atom. The molecule has 1 aromatic carbocycles. The summed E-state index contributed by atoms with van der Waals surface area (Å²) in [6.45, 7) is 2.51. The smallest absolute Gasteiger partial charge is 0.221 e. The molecule has 6 nitrogen and oxygen atoms in total. The third-order valence-electron chi connectivity index (χ3n) is 4.00. The van der Waals surface area contributed by atoms with Gasteiger partial charge in [0.05, 0.1) is 30.1 Å². The molecule has 0 saturated heterocycles. The van der Waals surface area contributed by atoms with E-state index in [-0.39, 0.29) is 6.61 Å². The number of aryl methyl sites for hydroxylation is 1. The zero-order chi connectivity index (χ0) is 19.4. The minimum Gasteiger partial charge on any atom is -0.490 e. The predicted octanol–water partition coefficient (Wildman–Crippen LogP) is 4.27. The Hall–Kier alpha value is -2.64. The van der Waals surface area contributed by atoms with Crippen LogP contribution in [0.2, 0.25) is 5.02 Å². The number of methoxy groups -OCH3 is 2. The first-order valence-electron chi connectivity index (χ1n) is 8.22. The van der Waals surface area contributed by atoms with Crippen molar-refractivity contribution < 1.29 is 18.6 Å². The van der Waals surface area contributed by atoms with Gasteiger partial charge in [0.2, 0.25) is 5.88 Å². The van der Waals surface area contributed by atoms with Crippen LogP contribution in [0.1, 0.15) is 5.69 Å².